The van der Waals surface area contributed by atoms with Crippen LogP contribution in [0.25, 0.3) is 10.8 Å². The van der Waals surface area contributed by atoms with Crippen molar-refractivity contribution < 1.29 is 0 Å². The highest BCUT2D eigenvalue weighted by Crippen LogP contribution is 2.17. The molecular formula is C16H21N3. The Morgan fingerprint density at radius 3 is 3.00 bits per heavy atom. The van der Waals surface area contributed by atoms with E-state index in [4.69, 9.17) is 0 Å². The van der Waals surface area contributed by atoms with Crippen molar-refractivity contribution in [1.82, 2.24) is 15.6 Å². The van der Waals surface area contributed by atoms with Gasteiger partial charge >= 0.3 is 0 Å². The highest BCUT2D eigenvalue weighted by atomic mass is 14.9. The summed E-state index contributed by atoms with van der Waals surface area (Å²) >= 11 is 0. The van der Waals surface area contributed by atoms with Crippen molar-refractivity contribution in [2.24, 2.45) is 5.92 Å². The van der Waals surface area contributed by atoms with E-state index in [2.05, 4.69) is 39.9 Å². The highest BCUT2D eigenvalue weighted by molar-refractivity contribution is 5.84. The predicted octanol–water partition coefficient (Wildman–Crippen LogP) is 2.32. The first-order valence-corrected chi connectivity index (χ1v) is 7.16. The van der Waals surface area contributed by atoms with E-state index in [0.29, 0.717) is 0 Å². The first kappa shape index (κ1) is 12.6. The van der Waals surface area contributed by atoms with E-state index >= 15 is 0 Å². The highest BCUT2D eigenvalue weighted by Gasteiger charge is 2.12. The van der Waals surface area contributed by atoms with Crippen molar-refractivity contribution in [3.63, 3.8) is 0 Å². The van der Waals surface area contributed by atoms with Gasteiger partial charge in [-0.25, -0.2) is 0 Å². The van der Waals surface area contributed by atoms with Crippen LogP contribution in [0.4, 0.5) is 0 Å². The first-order chi connectivity index (χ1) is 9.43. The summed E-state index contributed by atoms with van der Waals surface area (Å²) in [4.78, 5) is 4.18. The molecule has 19 heavy (non-hydrogen) atoms. The van der Waals surface area contributed by atoms with Gasteiger partial charge < -0.3 is 10.6 Å². The number of benzene rings is 1. The molecule has 0 spiro atoms. The molecule has 1 aliphatic rings. The van der Waals surface area contributed by atoms with E-state index in [1.165, 1.54) is 42.3 Å². The van der Waals surface area contributed by atoms with Crippen molar-refractivity contribution in [1.29, 1.82) is 0 Å². The van der Waals surface area contributed by atoms with Crippen LogP contribution in [0.15, 0.2) is 36.7 Å². The van der Waals surface area contributed by atoms with E-state index < -0.39 is 0 Å². The zero-order valence-corrected chi connectivity index (χ0v) is 11.2. The summed E-state index contributed by atoms with van der Waals surface area (Å²) in [7, 11) is 0. The second-order valence-electron chi connectivity index (χ2n) is 5.34. The summed E-state index contributed by atoms with van der Waals surface area (Å²) in [6, 6.07) is 8.55. The summed E-state index contributed by atoms with van der Waals surface area (Å²) in [5, 5.41) is 9.57. The van der Waals surface area contributed by atoms with Gasteiger partial charge in [-0.2, -0.15) is 0 Å². The minimum Gasteiger partial charge on any atom is -0.317 e. The van der Waals surface area contributed by atoms with Crippen LogP contribution in [0.1, 0.15) is 18.4 Å². The molecule has 1 aliphatic heterocycles. The molecule has 2 N–H and O–H groups in total. The van der Waals surface area contributed by atoms with Gasteiger partial charge in [0.1, 0.15) is 0 Å². The van der Waals surface area contributed by atoms with Gasteiger partial charge in [0, 0.05) is 24.3 Å². The molecule has 1 fully saturated rings. The number of rotatable bonds is 4. The third kappa shape index (κ3) is 3.11. The molecule has 0 bridgehead atoms. The molecule has 2 aromatic rings. The van der Waals surface area contributed by atoms with Gasteiger partial charge in [-0.1, -0.05) is 18.2 Å². The van der Waals surface area contributed by atoms with E-state index in [1.807, 2.05) is 12.4 Å². The summed E-state index contributed by atoms with van der Waals surface area (Å²) in [6.07, 6.45) is 6.41. The SMILES string of the molecule is c1cc(CNCC2CCNCC2)c2ccncc2c1. The molecule has 0 radical (unpaired) electrons. The maximum absolute atomic E-state index is 4.18. The molecule has 100 valence electrons. The zero-order chi connectivity index (χ0) is 12.9. The van der Waals surface area contributed by atoms with Crippen LogP contribution in [-0.4, -0.2) is 24.6 Å². The molecule has 0 unspecified atom stereocenters. The van der Waals surface area contributed by atoms with Crippen molar-refractivity contribution in [3.05, 3.63) is 42.2 Å². The van der Waals surface area contributed by atoms with E-state index in [0.717, 1.165) is 19.0 Å². The number of piperidine rings is 1. The quantitative estimate of drug-likeness (QED) is 0.880. The van der Waals surface area contributed by atoms with Crippen molar-refractivity contribution in [2.45, 2.75) is 19.4 Å². The average molecular weight is 255 g/mol. The van der Waals surface area contributed by atoms with Gasteiger partial charge in [0.2, 0.25) is 0 Å². The third-order valence-corrected chi connectivity index (χ3v) is 3.98. The van der Waals surface area contributed by atoms with Crippen LogP contribution >= 0.6 is 0 Å². The number of hydrogen-bond donors (Lipinski definition) is 2. The Morgan fingerprint density at radius 2 is 2.11 bits per heavy atom. The Labute approximate surface area is 114 Å². The van der Waals surface area contributed by atoms with E-state index in [9.17, 15) is 0 Å². The lowest BCUT2D eigenvalue weighted by atomic mass is 9.98. The van der Waals surface area contributed by atoms with Gasteiger partial charge in [-0.05, 0) is 55.4 Å². The fourth-order valence-electron chi connectivity index (χ4n) is 2.84. The van der Waals surface area contributed by atoms with Crippen LogP contribution in [0.5, 0.6) is 0 Å². The number of pyridine rings is 1. The summed E-state index contributed by atoms with van der Waals surface area (Å²) in [5.41, 5.74) is 1.37. The molecule has 0 amide bonds. The molecule has 3 rings (SSSR count). The predicted molar refractivity (Wildman–Crippen MR) is 79.0 cm³/mol. The molecule has 1 saturated heterocycles. The molecule has 2 heterocycles. The number of nitrogens with zero attached hydrogens (tertiary/aromatic N) is 1. The Hall–Kier alpha value is -1.45. The van der Waals surface area contributed by atoms with Crippen molar-refractivity contribution in [3.8, 4) is 0 Å². The van der Waals surface area contributed by atoms with E-state index in [1.54, 1.807) is 0 Å². The van der Waals surface area contributed by atoms with Gasteiger partial charge in [-0.3, -0.25) is 4.98 Å². The Kier molecular flexibility index (Phi) is 4.06. The molecule has 3 nitrogen and oxygen atoms in total. The van der Waals surface area contributed by atoms with E-state index in [-0.39, 0.29) is 0 Å². The van der Waals surface area contributed by atoms with Crippen LogP contribution in [0.3, 0.4) is 0 Å². The maximum atomic E-state index is 4.18. The molecule has 1 aromatic heterocycles. The number of fused-ring (bicyclic) bond motifs is 1. The average Bonchev–Trinajstić information content (AvgIpc) is 2.49. The third-order valence-electron chi connectivity index (χ3n) is 3.98. The topological polar surface area (TPSA) is 37.0 Å². The standard InChI is InChI=1S/C16H21N3/c1-2-14-11-18-9-6-16(14)15(3-1)12-19-10-13-4-7-17-8-5-13/h1-3,6,9,11,13,17,19H,4-5,7-8,10,12H2. The van der Waals surface area contributed by atoms with Crippen LogP contribution in [0, 0.1) is 5.92 Å². The number of hydrogen-bond acceptors (Lipinski definition) is 3. The number of aromatic nitrogens is 1. The monoisotopic (exact) mass is 255 g/mol. The van der Waals surface area contributed by atoms with Gasteiger partial charge in [0.15, 0.2) is 0 Å². The molecule has 0 saturated carbocycles. The van der Waals surface area contributed by atoms with Crippen LogP contribution in [0.2, 0.25) is 0 Å². The van der Waals surface area contributed by atoms with Gasteiger partial charge in [0.25, 0.3) is 0 Å². The Morgan fingerprint density at radius 1 is 1.21 bits per heavy atom. The first-order valence-electron chi connectivity index (χ1n) is 7.16. The molecule has 3 heteroatoms. The normalized spacial score (nSPS) is 16.8. The largest absolute Gasteiger partial charge is 0.317 e. The zero-order valence-electron chi connectivity index (χ0n) is 11.2. The van der Waals surface area contributed by atoms with Gasteiger partial charge in [-0.15, -0.1) is 0 Å². The summed E-state index contributed by atoms with van der Waals surface area (Å²) in [6.45, 7) is 4.42. The number of nitrogens with one attached hydrogen (secondary N) is 2. The maximum Gasteiger partial charge on any atom is 0.0346 e. The molecular weight excluding hydrogens is 234 g/mol. The fourth-order valence-corrected chi connectivity index (χ4v) is 2.84. The lowest BCUT2D eigenvalue weighted by Crippen LogP contribution is -2.33. The minimum absolute atomic E-state index is 0.831. The molecule has 0 atom stereocenters. The lowest BCUT2D eigenvalue weighted by Gasteiger charge is -2.23. The van der Waals surface area contributed by atoms with Gasteiger partial charge in [0.05, 0.1) is 0 Å². The minimum atomic E-state index is 0.831. The summed E-state index contributed by atoms with van der Waals surface area (Å²) < 4.78 is 0. The van der Waals surface area contributed by atoms with Crippen LogP contribution < -0.4 is 10.6 Å². The fraction of sp³-hybridized carbons (Fsp3) is 0.438. The lowest BCUT2D eigenvalue weighted by molar-refractivity contribution is 0.356. The van der Waals surface area contributed by atoms with Crippen LogP contribution in [-0.2, 0) is 6.54 Å². The molecule has 0 aliphatic carbocycles. The second kappa shape index (κ2) is 6.13. The smallest absolute Gasteiger partial charge is 0.0346 e. The van der Waals surface area contributed by atoms with Crippen molar-refractivity contribution in [2.75, 3.05) is 19.6 Å². The second-order valence-corrected chi connectivity index (χ2v) is 5.34. The Balaban J connectivity index is 1.62. The molecule has 1 aromatic carbocycles. The Bertz CT molecular complexity index is 527. The summed E-state index contributed by atoms with van der Waals surface area (Å²) in [5.74, 6) is 0.831. The van der Waals surface area contributed by atoms with Crippen molar-refractivity contribution >= 4 is 10.8 Å².